The molecule has 1 fully saturated rings. The number of fused-ring (bicyclic) bond motifs is 1. The lowest BCUT2D eigenvalue weighted by molar-refractivity contribution is 0.278. The van der Waals surface area contributed by atoms with Gasteiger partial charge in [-0.25, -0.2) is 19.4 Å². The Morgan fingerprint density at radius 3 is 2.54 bits per heavy atom. The fourth-order valence-corrected chi connectivity index (χ4v) is 3.64. The van der Waals surface area contributed by atoms with E-state index in [4.69, 9.17) is 21.4 Å². The Kier molecular flexibility index (Phi) is 5.02. The lowest BCUT2D eigenvalue weighted by atomic mass is 9.72. The molecule has 0 bridgehead atoms. The van der Waals surface area contributed by atoms with Crippen LogP contribution in [-0.2, 0) is 0 Å². The van der Waals surface area contributed by atoms with Crippen molar-refractivity contribution in [3.63, 3.8) is 0 Å². The summed E-state index contributed by atoms with van der Waals surface area (Å²) in [7, 11) is 0. The molecule has 3 aromatic rings. The highest BCUT2D eigenvalue weighted by Crippen LogP contribution is 2.43. The van der Waals surface area contributed by atoms with Gasteiger partial charge in [0.25, 0.3) is 0 Å². The third-order valence-corrected chi connectivity index (χ3v) is 5.23. The molecule has 1 aromatic heterocycles. The van der Waals surface area contributed by atoms with Gasteiger partial charge in [0.1, 0.15) is 17.5 Å². The third kappa shape index (κ3) is 3.58. The van der Waals surface area contributed by atoms with Crippen molar-refractivity contribution in [3.05, 3.63) is 78.0 Å². The number of amidine groups is 1. The van der Waals surface area contributed by atoms with Crippen LogP contribution in [0.25, 0.3) is 10.9 Å². The fraction of sp³-hybridized carbons (Fsp3) is 0.227. The number of nitrogens with two attached hydrogens (primary N) is 2. The molecular formula is C22H22FN5. The Hall–Kier alpha value is -3.28. The second-order valence-corrected chi connectivity index (χ2v) is 7.04. The summed E-state index contributed by atoms with van der Waals surface area (Å²) in [6.45, 7) is 0. The van der Waals surface area contributed by atoms with Crippen LogP contribution < -0.4 is 11.5 Å². The predicted molar refractivity (Wildman–Crippen MR) is 110 cm³/mol. The lowest BCUT2D eigenvalue weighted by Crippen LogP contribution is -2.23. The van der Waals surface area contributed by atoms with Gasteiger partial charge in [-0.2, -0.15) is 0 Å². The Labute approximate surface area is 163 Å². The highest BCUT2D eigenvalue weighted by Gasteiger charge is 2.32. The van der Waals surface area contributed by atoms with Crippen molar-refractivity contribution in [1.29, 1.82) is 0 Å². The quantitative estimate of drug-likeness (QED) is 0.517. The van der Waals surface area contributed by atoms with Gasteiger partial charge in [-0.3, -0.25) is 0 Å². The molecule has 2 aromatic carbocycles. The molecular weight excluding hydrogens is 353 g/mol. The van der Waals surface area contributed by atoms with Crippen molar-refractivity contribution in [2.75, 3.05) is 0 Å². The Morgan fingerprint density at radius 2 is 1.86 bits per heavy atom. The molecule has 0 amide bonds. The summed E-state index contributed by atoms with van der Waals surface area (Å²) in [6.07, 6.45) is 6.28. The number of aliphatic imine (C=N–C) groups is 1. The smallest absolute Gasteiger partial charge is 0.165 e. The molecule has 1 aliphatic rings. The minimum atomic E-state index is -0.248. The number of hydrogen-bond donors (Lipinski definition) is 2. The first-order chi connectivity index (χ1) is 13.7. The standard InChI is InChI=1S/C22H22FN5/c23-16-10-8-15(9-11-16)20(14-4-3-5-14)22-26-18-7-2-1-6-17(18)21(28-22)27-19(25)12-13-24/h1-2,6-14,20H,3-5,24H2,(H2,25,26,27,28)/b13-12-. The van der Waals surface area contributed by atoms with Gasteiger partial charge < -0.3 is 11.5 Å². The van der Waals surface area contributed by atoms with Crippen molar-refractivity contribution in [2.45, 2.75) is 25.2 Å². The number of nitrogens with zero attached hydrogens (tertiary/aromatic N) is 3. The fourth-order valence-electron chi connectivity index (χ4n) is 3.64. The van der Waals surface area contributed by atoms with Crippen LogP contribution in [0.2, 0.25) is 0 Å². The minimum absolute atomic E-state index is 0.000758. The Bertz CT molecular complexity index is 1040. The first kappa shape index (κ1) is 18.1. The SMILES string of the molecule is N/C=C\C(N)=Nc1nc(C(c2ccc(F)cc2)C2CCC2)nc2ccccc12. The Balaban J connectivity index is 1.88. The van der Waals surface area contributed by atoms with Gasteiger partial charge in [0.05, 0.1) is 5.52 Å². The molecule has 1 atom stereocenters. The van der Waals surface area contributed by atoms with Crippen molar-refractivity contribution in [1.82, 2.24) is 9.97 Å². The van der Waals surface area contributed by atoms with Gasteiger partial charge in [0, 0.05) is 11.3 Å². The topological polar surface area (TPSA) is 90.2 Å². The largest absolute Gasteiger partial charge is 0.404 e. The molecule has 1 aliphatic carbocycles. The van der Waals surface area contributed by atoms with Crippen LogP contribution >= 0.6 is 0 Å². The molecule has 5 nitrogen and oxygen atoms in total. The van der Waals surface area contributed by atoms with E-state index < -0.39 is 0 Å². The number of rotatable bonds is 5. The molecule has 142 valence electrons. The van der Waals surface area contributed by atoms with E-state index >= 15 is 0 Å². The molecule has 28 heavy (non-hydrogen) atoms. The maximum atomic E-state index is 13.5. The van der Waals surface area contributed by atoms with Crippen molar-refractivity contribution < 1.29 is 4.39 Å². The van der Waals surface area contributed by atoms with Crippen LogP contribution in [0.15, 0.2) is 65.8 Å². The van der Waals surface area contributed by atoms with E-state index in [1.807, 2.05) is 36.4 Å². The molecule has 0 aliphatic heterocycles. The number of benzene rings is 2. The van der Waals surface area contributed by atoms with Gasteiger partial charge in [0.15, 0.2) is 5.82 Å². The molecule has 6 heteroatoms. The van der Waals surface area contributed by atoms with Crippen LogP contribution in [0.4, 0.5) is 10.2 Å². The van der Waals surface area contributed by atoms with E-state index in [-0.39, 0.29) is 17.6 Å². The predicted octanol–water partition coefficient (Wildman–Crippen LogP) is 4.16. The first-order valence-corrected chi connectivity index (χ1v) is 9.40. The van der Waals surface area contributed by atoms with Gasteiger partial charge in [-0.15, -0.1) is 0 Å². The maximum Gasteiger partial charge on any atom is 0.165 e. The van der Waals surface area contributed by atoms with Crippen molar-refractivity contribution in [2.24, 2.45) is 22.4 Å². The van der Waals surface area contributed by atoms with Crippen molar-refractivity contribution >= 4 is 22.6 Å². The highest BCUT2D eigenvalue weighted by atomic mass is 19.1. The normalized spacial score (nSPS) is 16.4. The summed E-state index contributed by atoms with van der Waals surface area (Å²) < 4.78 is 13.5. The van der Waals surface area contributed by atoms with E-state index in [9.17, 15) is 4.39 Å². The van der Waals surface area contributed by atoms with Crippen LogP contribution in [0.5, 0.6) is 0 Å². The molecule has 4 rings (SSSR count). The first-order valence-electron chi connectivity index (χ1n) is 9.40. The van der Waals surface area contributed by atoms with Gasteiger partial charge >= 0.3 is 0 Å². The van der Waals surface area contributed by atoms with Crippen LogP contribution in [-0.4, -0.2) is 15.8 Å². The van der Waals surface area contributed by atoms with Gasteiger partial charge in [0.2, 0.25) is 0 Å². The summed E-state index contributed by atoms with van der Waals surface area (Å²) in [5.41, 5.74) is 13.2. The van der Waals surface area contributed by atoms with Gasteiger partial charge in [-0.1, -0.05) is 30.7 Å². The number of aromatic nitrogens is 2. The van der Waals surface area contributed by atoms with Crippen molar-refractivity contribution in [3.8, 4) is 0 Å². The average Bonchev–Trinajstić information content (AvgIpc) is 2.65. The average molecular weight is 375 g/mol. The molecule has 1 heterocycles. The number of halogens is 1. The second kappa shape index (κ2) is 7.76. The minimum Gasteiger partial charge on any atom is -0.404 e. The van der Waals surface area contributed by atoms with E-state index in [0.29, 0.717) is 17.6 Å². The zero-order chi connectivity index (χ0) is 19.5. The monoisotopic (exact) mass is 375 g/mol. The zero-order valence-corrected chi connectivity index (χ0v) is 15.4. The third-order valence-electron chi connectivity index (χ3n) is 5.23. The van der Waals surface area contributed by atoms with Crippen LogP contribution in [0, 0.1) is 11.7 Å². The summed E-state index contributed by atoms with van der Waals surface area (Å²) in [4.78, 5) is 14.1. The molecule has 0 saturated heterocycles. The van der Waals surface area contributed by atoms with E-state index in [1.54, 1.807) is 0 Å². The molecule has 1 unspecified atom stereocenters. The second-order valence-electron chi connectivity index (χ2n) is 7.04. The molecule has 4 N–H and O–H groups in total. The van der Waals surface area contributed by atoms with E-state index in [1.165, 1.54) is 30.8 Å². The molecule has 0 spiro atoms. The maximum absolute atomic E-state index is 13.5. The van der Waals surface area contributed by atoms with Crippen LogP contribution in [0.3, 0.4) is 0 Å². The summed E-state index contributed by atoms with van der Waals surface area (Å²) in [5.74, 6) is 1.67. The summed E-state index contributed by atoms with van der Waals surface area (Å²) >= 11 is 0. The molecule has 0 radical (unpaired) electrons. The highest BCUT2D eigenvalue weighted by molar-refractivity contribution is 5.97. The molecule has 1 saturated carbocycles. The van der Waals surface area contributed by atoms with Crippen LogP contribution in [0.1, 0.15) is 36.6 Å². The van der Waals surface area contributed by atoms with Gasteiger partial charge in [-0.05, 0) is 60.9 Å². The number of para-hydroxylation sites is 1. The summed E-state index contributed by atoms with van der Waals surface area (Å²) in [5, 5.41) is 0.825. The van der Waals surface area contributed by atoms with E-state index in [2.05, 4.69) is 4.99 Å². The zero-order valence-electron chi connectivity index (χ0n) is 15.4. The summed E-state index contributed by atoms with van der Waals surface area (Å²) in [6, 6.07) is 14.4. The lowest BCUT2D eigenvalue weighted by Gasteiger charge is -2.33. The number of hydrogen-bond acceptors (Lipinski definition) is 4. The Morgan fingerprint density at radius 1 is 1.11 bits per heavy atom. The van der Waals surface area contributed by atoms with E-state index in [0.717, 1.165) is 29.3 Å².